The van der Waals surface area contributed by atoms with Crippen molar-refractivity contribution in [3.8, 4) is 11.3 Å². The number of aromatic nitrogens is 1. The van der Waals surface area contributed by atoms with Gasteiger partial charge in [-0.25, -0.2) is 9.18 Å². The molecule has 1 aromatic carbocycles. The number of anilines is 1. The predicted octanol–water partition coefficient (Wildman–Crippen LogP) is 2.52. The van der Waals surface area contributed by atoms with Gasteiger partial charge < -0.3 is 20.3 Å². The average molecular weight is 386 g/mol. The normalized spacial score (nSPS) is 15.2. The first-order valence-corrected chi connectivity index (χ1v) is 9.09. The number of halogens is 1. The van der Waals surface area contributed by atoms with Crippen LogP contribution in [0.25, 0.3) is 11.3 Å². The lowest BCUT2D eigenvalue weighted by Gasteiger charge is -2.35. The van der Waals surface area contributed by atoms with Gasteiger partial charge in [-0.3, -0.25) is 9.78 Å². The first kappa shape index (κ1) is 19.6. The molecule has 0 bridgehead atoms. The highest BCUT2D eigenvalue weighted by molar-refractivity contribution is 5.78. The monoisotopic (exact) mass is 386 g/mol. The number of carbonyl (C=O) groups is 2. The first-order valence-electron chi connectivity index (χ1n) is 9.09. The lowest BCUT2D eigenvalue weighted by atomic mass is 10.1. The van der Waals surface area contributed by atoms with Crippen molar-refractivity contribution in [3.63, 3.8) is 0 Å². The van der Waals surface area contributed by atoms with Crippen LogP contribution in [0.15, 0.2) is 42.6 Å². The molecule has 0 aliphatic carbocycles. The highest BCUT2D eigenvalue weighted by Gasteiger charge is 2.23. The van der Waals surface area contributed by atoms with Crippen LogP contribution in [-0.4, -0.2) is 54.7 Å². The number of alkyl halides is 1. The van der Waals surface area contributed by atoms with Crippen LogP contribution >= 0.6 is 0 Å². The van der Waals surface area contributed by atoms with E-state index in [1.165, 1.54) is 6.92 Å². The van der Waals surface area contributed by atoms with Gasteiger partial charge in [0.05, 0.1) is 17.6 Å². The van der Waals surface area contributed by atoms with Crippen LogP contribution in [0.2, 0.25) is 0 Å². The molecule has 0 radical (unpaired) electrons. The molecule has 2 amide bonds. The van der Waals surface area contributed by atoms with Crippen LogP contribution in [0.5, 0.6) is 0 Å². The van der Waals surface area contributed by atoms with Crippen molar-refractivity contribution in [2.75, 3.05) is 37.7 Å². The molecular formula is C20H23FN4O3. The molecule has 0 spiro atoms. The number of ether oxygens (including phenoxy) is 1. The number of amides is 2. The quantitative estimate of drug-likeness (QED) is 0.853. The minimum absolute atomic E-state index is 0.410. The minimum Gasteiger partial charge on any atom is -0.439 e. The number of hydrogen-bond acceptors (Lipinski definition) is 5. The fourth-order valence-electron chi connectivity index (χ4n) is 3.06. The fourth-order valence-corrected chi connectivity index (χ4v) is 3.06. The zero-order valence-electron chi connectivity index (χ0n) is 15.7. The molecule has 1 saturated heterocycles. The summed E-state index contributed by atoms with van der Waals surface area (Å²) in [6, 6.07) is 11.2. The van der Waals surface area contributed by atoms with E-state index in [2.05, 4.69) is 9.88 Å². The van der Waals surface area contributed by atoms with Crippen LogP contribution < -0.4 is 10.6 Å². The number of piperazine rings is 1. The highest BCUT2D eigenvalue weighted by Crippen LogP contribution is 2.25. The van der Waals surface area contributed by atoms with E-state index in [4.69, 9.17) is 10.5 Å². The number of carbonyl (C=O) groups excluding carboxylic acids is 2. The molecule has 1 aliphatic heterocycles. The molecule has 8 heteroatoms. The number of primary amides is 1. The molecule has 1 aromatic heterocycles. The summed E-state index contributed by atoms with van der Waals surface area (Å²) in [6.07, 6.45) is 0.223. The maximum atomic E-state index is 13.5. The second-order valence-electron chi connectivity index (χ2n) is 6.64. The molecule has 148 valence electrons. The van der Waals surface area contributed by atoms with E-state index >= 15 is 0 Å². The Morgan fingerprint density at radius 2 is 1.96 bits per heavy atom. The van der Waals surface area contributed by atoms with Crippen LogP contribution in [0, 0.1) is 0 Å². The Morgan fingerprint density at radius 3 is 2.57 bits per heavy atom. The summed E-state index contributed by atoms with van der Waals surface area (Å²) in [7, 11) is 0. The molecule has 28 heavy (non-hydrogen) atoms. The van der Waals surface area contributed by atoms with Gasteiger partial charge in [-0.05, 0) is 30.7 Å². The second kappa shape index (κ2) is 8.69. The van der Waals surface area contributed by atoms with Crippen molar-refractivity contribution in [1.82, 2.24) is 9.88 Å². The van der Waals surface area contributed by atoms with Crippen molar-refractivity contribution in [2.24, 2.45) is 5.73 Å². The molecule has 1 unspecified atom stereocenters. The van der Waals surface area contributed by atoms with Crippen molar-refractivity contribution in [1.29, 1.82) is 0 Å². The van der Waals surface area contributed by atoms with Gasteiger partial charge in [0, 0.05) is 31.7 Å². The third kappa shape index (κ3) is 4.76. The summed E-state index contributed by atoms with van der Waals surface area (Å²) in [5, 5.41) is 0. The van der Waals surface area contributed by atoms with Gasteiger partial charge in [0.15, 0.2) is 6.61 Å². The molecule has 0 saturated carbocycles. The lowest BCUT2D eigenvalue weighted by molar-refractivity contribution is -0.121. The SMILES string of the molecule is CC(F)c1cccc(-c2ccc(N3CCN(C(=O)OCC(N)=O)CC3)cn2)c1. The molecule has 2 N–H and O–H groups in total. The number of nitrogens with two attached hydrogens (primary N) is 1. The topological polar surface area (TPSA) is 88.8 Å². The van der Waals surface area contributed by atoms with Crippen molar-refractivity contribution in [2.45, 2.75) is 13.1 Å². The summed E-state index contributed by atoms with van der Waals surface area (Å²) >= 11 is 0. The summed E-state index contributed by atoms with van der Waals surface area (Å²) in [5.41, 5.74) is 8.20. The third-order valence-corrected chi connectivity index (χ3v) is 4.63. The average Bonchev–Trinajstić information content (AvgIpc) is 2.72. The molecule has 2 aromatic rings. The lowest BCUT2D eigenvalue weighted by Crippen LogP contribution is -2.49. The fraction of sp³-hybridized carbons (Fsp3) is 0.350. The van der Waals surface area contributed by atoms with E-state index in [1.807, 2.05) is 30.3 Å². The Bertz CT molecular complexity index is 834. The number of benzene rings is 1. The first-order chi connectivity index (χ1) is 13.4. The Labute approximate surface area is 162 Å². The van der Waals surface area contributed by atoms with Gasteiger partial charge >= 0.3 is 6.09 Å². The van der Waals surface area contributed by atoms with E-state index in [0.29, 0.717) is 31.7 Å². The van der Waals surface area contributed by atoms with E-state index in [-0.39, 0.29) is 0 Å². The largest absolute Gasteiger partial charge is 0.439 e. The standard InChI is InChI=1S/C20H23FN4O3/c1-14(21)15-3-2-4-16(11-15)18-6-5-17(12-23-18)24-7-9-25(10-8-24)20(27)28-13-19(22)26/h2-6,11-12,14H,7-10,13H2,1H3,(H2,22,26). The Kier molecular flexibility index (Phi) is 6.08. The Hall–Kier alpha value is -3.16. The van der Waals surface area contributed by atoms with Crippen LogP contribution in [0.1, 0.15) is 18.7 Å². The van der Waals surface area contributed by atoms with E-state index in [9.17, 15) is 14.0 Å². The Morgan fingerprint density at radius 1 is 1.21 bits per heavy atom. The van der Waals surface area contributed by atoms with E-state index < -0.39 is 24.8 Å². The van der Waals surface area contributed by atoms with Crippen LogP contribution in [-0.2, 0) is 9.53 Å². The summed E-state index contributed by atoms with van der Waals surface area (Å²) in [6.45, 7) is 3.32. The third-order valence-electron chi connectivity index (χ3n) is 4.63. The van der Waals surface area contributed by atoms with Gasteiger partial charge in [0.2, 0.25) is 0 Å². The number of pyridine rings is 1. The zero-order chi connectivity index (χ0) is 20.1. The molecular weight excluding hydrogens is 363 g/mol. The highest BCUT2D eigenvalue weighted by atomic mass is 19.1. The smallest absolute Gasteiger partial charge is 0.410 e. The van der Waals surface area contributed by atoms with Gasteiger partial charge in [0.1, 0.15) is 6.17 Å². The molecule has 1 aliphatic rings. The molecule has 1 fully saturated rings. The van der Waals surface area contributed by atoms with Gasteiger partial charge in [0.25, 0.3) is 5.91 Å². The Balaban J connectivity index is 1.60. The van der Waals surface area contributed by atoms with Crippen molar-refractivity contribution < 1.29 is 18.7 Å². The molecule has 3 rings (SSSR count). The van der Waals surface area contributed by atoms with Gasteiger partial charge in [-0.15, -0.1) is 0 Å². The van der Waals surface area contributed by atoms with Crippen molar-refractivity contribution in [3.05, 3.63) is 48.2 Å². The van der Waals surface area contributed by atoms with Crippen LogP contribution in [0.3, 0.4) is 0 Å². The summed E-state index contributed by atoms with van der Waals surface area (Å²) < 4.78 is 18.4. The number of nitrogens with zero attached hydrogens (tertiary/aromatic N) is 3. The second-order valence-corrected chi connectivity index (χ2v) is 6.64. The van der Waals surface area contributed by atoms with Gasteiger partial charge in [-0.2, -0.15) is 0 Å². The van der Waals surface area contributed by atoms with E-state index in [0.717, 1.165) is 16.9 Å². The van der Waals surface area contributed by atoms with E-state index in [1.54, 1.807) is 17.2 Å². The summed E-state index contributed by atoms with van der Waals surface area (Å²) in [5.74, 6) is -0.676. The predicted molar refractivity (Wildman–Crippen MR) is 104 cm³/mol. The minimum atomic E-state index is -1.02. The zero-order valence-corrected chi connectivity index (χ0v) is 15.7. The number of hydrogen-bond donors (Lipinski definition) is 1. The molecule has 2 heterocycles. The van der Waals surface area contributed by atoms with Crippen molar-refractivity contribution >= 4 is 17.7 Å². The maximum Gasteiger partial charge on any atom is 0.410 e. The molecule has 7 nitrogen and oxygen atoms in total. The number of rotatable bonds is 5. The maximum absolute atomic E-state index is 13.5. The molecule has 1 atom stereocenters. The van der Waals surface area contributed by atoms with Crippen LogP contribution in [0.4, 0.5) is 14.9 Å². The summed E-state index contributed by atoms with van der Waals surface area (Å²) in [4.78, 5) is 30.7. The van der Waals surface area contributed by atoms with Gasteiger partial charge in [-0.1, -0.05) is 18.2 Å².